The monoisotopic (exact) mass is 268 g/mol. The maximum Gasteiger partial charge on any atom is 0.356 e. The Kier molecular flexibility index (Phi) is 2.87. The first-order valence-electron chi connectivity index (χ1n) is 6.05. The Hall–Kier alpha value is -2.82. The van der Waals surface area contributed by atoms with Crippen molar-refractivity contribution in [1.82, 2.24) is 9.38 Å². The number of hydrogen-bond donors (Lipinski definition) is 1. The average Bonchev–Trinajstić information content (AvgIpc) is 2.87. The van der Waals surface area contributed by atoms with Crippen LogP contribution in [0.1, 0.15) is 10.5 Å². The number of aromatic nitrogens is 2. The minimum Gasteiger partial charge on any atom is -0.495 e. The molecule has 20 heavy (non-hydrogen) atoms. The number of carboxylic acid groups (broad SMARTS) is 1. The standard InChI is InChI=1S/C15H12N2O3/c1-20-11-7-8-12-13(15(18)19)16-14(17(12)9-11)10-5-3-2-4-6-10/h2-9H,1H3,(H,18,19). The quantitative estimate of drug-likeness (QED) is 0.793. The third kappa shape index (κ3) is 1.89. The number of nitrogens with zero attached hydrogens (tertiary/aromatic N) is 2. The summed E-state index contributed by atoms with van der Waals surface area (Å²) in [5.41, 5.74) is 1.42. The fraction of sp³-hybridized carbons (Fsp3) is 0.0667. The molecule has 0 saturated carbocycles. The number of rotatable bonds is 3. The lowest BCUT2D eigenvalue weighted by Crippen LogP contribution is -1.97. The lowest BCUT2D eigenvalue weighted by molar-refractivity contribution is 0.0693. The van der Waals surface area contributed by atoms with E-state index in [2.05, 4.69) is 4.98 Å². The van der Waals surface area contributed by atoms with Crippen LogP contribution < -0.4 is 4.74 Å². The molecule has 2 aromatic heterocycles. The number of ether oxygens (including phenoxy) is 1. The molecule has 0 atom stereocenters. The van der Waals surface area contributed by atoms with Crippen molar-refractivity contribution in [3.63, 3.8) is 0 Å². The van der Waals surface area contributed by atoms with E-state index >= 15 is 0 Å². The van der Waals surface area contributed by atoms with Crippen molar-refractivity contribution in [2.24, 2.45) is 0 Å². The van der Waals surface area contributed by atoms with E-state index in [4.69, 9.17) is 4.74 Å². The maximum atomic E-state index is 11.3. The van der Waals surface area contributed by atoms with Crippen LogP contribution in [0.2, 0.25) is 0 Å². The fourth-order valence-corrected chi connectivity index (χ4v) is 2.14. The van der Waals surface area contributed by atoms with E-state index in [9.17, 15) is 9.90 Å². The van der Waals surface area contributed by atoms with Gasteiger partial charge < -0.3 is 9.84 Å². The second-order valence-corrected chi connectivity index (χ2v) is 4.28. The predicted octanol–water partition coefficient (Wildman–Crippen LogP) is 2.71. The molecule has 1 N–H and O–H groups in total. The first-order valence-corrected chi connectivity index (χ1v) is 6.05. The number of methoxy groups -OCH3 is 1. The Morgan fingerprint density at radius 3 is 2.60 bits per heavy atom. The molecule has 0 aliphatic carbocycles. The molecular formula is C15H12N2O3. The van der Waals surface area contributed by atoms with Crippen LogP contribution >= 0.6 is 0 Å². The van der Waals surface area contributed by atoms with E-state index in [1.165, 1.54) is 0 Å². The lowest BCUT2D eigenvalue weighted by Gasteiger charge is -2.04. The fourth-order valence-electron chi connectivity index (χ4n) is 2.14. The molecule has 0 aliphatic heterocycles. The van der Waals surface area contributed by atoms with Gasteiger partial charge >= 0.3 is 5.97 Å². The molecule has 100 valence electrons. The zero-order valence-corrected chi connectivity index (χ0v) is 10.8. The van der Waals surface area contributed by atoms with E-state index in [-0.39, 0.29) is 5.69 Å². The highest BCUT2D eigenvalue weighted by molar-refractivity contribution is 5.95. The second kappa shape index (κ2) is 4.70. The first kappa shape index (κ1) is 12.2. The summed E-state index contributed by atoms with van der Waals surface area (Å²) in [4.78, 5) is 15.5. The van der Waals surface area contributed by atoms with E-state index in [1.807, 2.05) is 30.3 Å². The molecule has 3 rings (SSSR count). The molecule has 5 nitrogen and oxygen atoms in total. The number of aromatic carboxylic acids is 1. The highest BCUT2D eigenvalue weighted by Gasteiger charge is 2.17. The molecule has 0 aliphatic rings. The van der Waals surface area contributed by atoms with Gasteiger partial charge in [0.1, 0.15) is 11.6 Å². The third-order valence-corrected chi connectivity index (χ3v) is 3.08. The second-order valence-electron chi connectivity index (χ2n) is 4.28. The summed E-state index contributed by atoms with van der Waals surface area (Å²) < 4.78 is 6.92. The van der Waals surface area contributed by atoms with Crippen LogP contribution in [0.5, 0.6) is 5.75 Å². The van der Waals surface area contributed by atoms with Crippen molar-refractivity contribution in [2.75, 3.05) is 7.11 Å². The van der Waals surface area contributed by atoms with Crippen LogP contribution in [0.4, 0.5) is 0 Å². The smallest absolute Gasteiger partial charge is 0.356 e. The van der Waals surface area contributed by atoms with Gasteiger partial charge in [0.2, 0.25) is 0 Å². The summed E-state index contributed by atoms with van der Waals surface area (Å²) in [6.45, 7) is 0. The normalized spacial score (nSPS) is 10.7. The Morgan fingerprint density at radius 2 is 1.95 bits per heavy atom. The summed E-state index contributed by atoms with van der Waals surface area (Å²) in [5, 5.41) is 9.26. The summed E-state index contributed by atoms with van der Waals surface area (Å²) >= 11 is 0. The first-order chi connectivity index (χ1) is 9.70. The molecule has 0 saturated heterocycles. The summed E-state index contributed by atoms with van der Waals surface area (Å²) in [6, 6.07) is 12.9. The van der Waals surface area contributed by atoms with Crippen LogP contribution in [-0.4, -0.2) is 27.6 Å². The number of carbonyl (C=O) groups is 1. The molecule has 5 heteroatoms. The van der Waals surface area contributed by atoms with Crippen molar-refractivity contribution < 1.29 is 14.6 Å². The highest BCUT2D eigenvalue weighted by Crippen LogP contribution is 2.25. The van der Waals surface area contributed by atoms with Gasteiger partial charge in [-0.25, -0.2) is 9.78 Å². The largest absolute Gasteiger partial charge is 0.495 e. The predicted molar refractivity (Wildman–Crippen MR) is 74.1 cm³/mol. The van der Waals surface area contributed by atoms with E-state index in [1.54, 1.807) is 29.8 Å². The minimum absolute atomic E-state index is 0.0338. The van der Waals surface area contributed by atoms with Crippen molar-refractivity contribution in [2.45, 2.75) is 0 Å². The zero-order chi connectivity index (χ0) is 14.1. The lowest BCUT2D eigenvalue weighted by atomic mass is 10.2. The minimum atomic E-state index is -1.05. The molecule has 0 amide bonds. The van der Waals surface area contributed by atoms with Crippen LogP contribution in [0.3, 0.4) is 0 Å². The molecule has 0 fully saturated rings. The van der Waals surface area contributed by atoms with Crippen molar-refractivity contribution in [3.05, 3.63) is 54.4 Å². The summed E-state index contributed by atoms with van der Waals surface area (Å²) in [6.07, 6.45) is 1.73. The van der Waals surface area contributed by atoms with Gasteiger partial charge in [0.15, 0.2) is 5.69 Å². The number of imidazole rings is 1. The third-order valence-electron chi connectivity index (χ3n) is 3.08. The molecular weight excluding hydrogens is 256 g/mol. The zero-order valence-electron chi connectivity index (χ0n) is 10.8. The molecule has 0 bridgehead atoms. The number of fused-ring (bicyclic) bond motifs is 1. The van der Waals surface area contributed by atoms with Gasteiger partial charge in [0.05, 0.1) is 18.8 Å². The number of hydrogen-bond acceptors (Lipinski definition) is 3. The summed E-state index contributed by atoms with van der Waals surface area (Å²) in [5.74, 6) is 0.177. The van der Waals surface area contributed by atoms with Gasteiger partial charge in [0.25, 0.3) is 0 Å². The Labute approximate surface area is 115 Å². The Bertz CT molecular complexity index is 778. The molecule has 2 heterocycles. The molecule has 0 radical (unpaired) electrons. The van der Waals surface area contributed by atoms with E-state index in [0.29, 0.717) is 17.1 Å². The van der Waals surface area contributed by atoms with Gasteiger partial charge in [0, 0.05) is 5.56 Å². The number of benzene rings is 1. The maximum absolute atomic E-state index is 11.3. The number of pyridine rings is 1. The van der Waals surface area contributed by atoms with Crippen LogP contribution in [-0.2, 0) is 0 Å². The molecule has 0 spiro atoms. The van der Waals surface area contributed by atoms with Crippen molar-refractivity contribution >= 4 is 11.5 Å². The highest BCUT2D eigenvalue weighted by atomic mass is 16.5. The van der Waals surface area contributed by atoms with Gasteiger partial charge in [-0.1, -0.05) is 30.3 Å². The van der Waals surface area contributed by atoms with Crippen molar-refractivity contribution in [3.8, 4) is 17.1 Å². The van der Waals surface area contributed by atoms with Crippen molar-refractivity contribution in [1.29, 1.82) is 0 Å². The molecule has 1 aromatic carbocycles. The van der Waals surface area contributed by atoms with Crippen LogP contribution in [0, 0.1) is 0 Å². The Balaban J connectivity index is 2.33. The molecule has 0 unspecified atom stereocenters. The van der Waals surface area contributed by atoms with Gasteiger partial charge in [-0.15, -0.1) is 0 Å². The van der Waals surface area contributed by atoms with Gasteiger partial charge in [-0.05, 0) is 12.1 Å². The number of carboxylic acids is 1. The van der Waals surface area contributed by atoms with Gasteiger partial charge in [-0.2, -0.15) is 0 Å². The molecule has 3 aromatic rings. The summed E-state index contributed by atoms with van der Waals surface area (Å²) in [7, 11) is 1.57. The Morgan fingerprint density at radius 1 is 1.20 bits per heavy atom. The van der Waals surface area contributed by atoms with E-state index in [0.717, 1.165) is 5.56 Å². The van der Waals surface area contributed by atoms with Crippen LogP contribution in [0.25, 0.3) is 16.9 Å². The average molecular weight is 268 g/mol. The SMILES string of the molecule is COc1ccc2c(C(=O)O)nc(-c3ccccc3)n2c1. The topological polar surface area (TPSA) is 63.8 Å². The van der Waals surface area contributed by atoms with Gasteiger partial charge in [-0.3, -0.25) is 4.40 Å². The van der Waals surface area contributed by atoms with Crippen LogP contribution in [0.15, 0.2) is 48.7 Å². The van der Waals surface area contributed by atoms with E-state index < -0.39 is 5.97 Å².